The zero-order chi connectivity index (χ0) is 35.0. The number of alkyl halides is 3. The van der Waals surface area contributed by atoms with E-state index in [0.29, 0.717) is 29.2 Å². The van der Waals surface area contributed by atoms with Gasteiger partial charge in [-0.15, -0.1) is 0 Å². The third-order valence-corrected chi connectivity index (χ3v) is 8.79. The molecule has 3 heterocycles. The van der Waals surface area contributed by atoms with Crippen LogP contribution < -0.4 is 15.2 Å². The zero-order valence-electron chi connectivity index (χ0n) is 26.9. The fourth-order valence-corrected chi connectivity index (χ4v) is 6.33. The number of hydrogen-bond acceptors (Lipinski definition) is 7. The maximum atomic E-state index is 13.7. The first-order valence-corrected chi connectivity index (χ1v) is 16.0. The number of carboxylic acids is 1. The van der Waals surface area contributed by atoms with Gasteiger partial charge in [-0.1, -0.05) is 60.7 Å². The Labute approximate surface area is 277 Å². The molecule has 258 valence electrons. The zero-order valence-corrected chi connectivity index (χ0v) is 26.9. The second-order valence-corrected chi connectivity index (χ2v) is 12.5. The molecule has 0 saturated carbocycles. The molecule has 2 N–H and O–H groups in total. The second kappa shape index (κ2) is 15.7. The van der Waals surface area contributed by atoms with Crippen LogP contribution in [0.25, 0.3) is 0 Å². The molecule has 3 aromatic carbocycles. The Bertz CT molecular complexity index is 1470. The summed E-state index contributed by atoms with van der Waals surface area (Å²) < 4.78 is 44.3. The van der Waals surface area contributed by atoms with E-state index in [1.807, 2.05) is 62.4 Å². The van der Waals surface area contributed by atoms with Gasteiger partial charge in [-0.25, -0.2) is 4.79 Å². The summed E-state index contributed by atoms with van der Waals surface area (Å²) in [6.45, 7) is 8.26. The van der Waals surface area contributed by atoms with Crippen LogP contribution in [-0.2, 0) is 19.9 Å². The maximum absolute atomic E-state index is 13.7. The lowest BCUT2D eigenvalue weighted by Crippen LogP contribution is -2.65. The number of piperidine rings is 3. The van der Waals surface area contributed by atoms with Crippen LogP contribution in [0, 0.1) is 5.92 Å². The van der Waals surface area contributed by atoms with Crippen molar-refractivity contribution in [1.29, 1.82) is 0 Å². The van der Waals surface area contributed by atoms with Gasteiger partial charge in [-0.3, -0.25) is 4.79 Å². The number of rotatable bonds is 11. The largest absolute Gasteiger partial charge is 0.542 e. The molecular weight excluding hydrogens is 629 g/mol. The SMILES string of the molecule is CC(C)Oc1ccc(C(=O)NCCC[N+]23CCC(CC2)[C@@H](OC(=O)C(O)(c2ccccc2)c2ccccc2)C3)cc1.O=C([O-])C(F)(F)F. The lowest BCUT2D eigenvalue weighted by atomic mass is 9.82. The number of nitrogens with zero attached hydrogens (tertiary/aromatic N) is 1. The van der Waals surface area contributed by atoms with Crippen LogP contribution in [0.1, 0.15) is 54.6 Å². The summed E-state index contributed by atoms with van der Waals surface area (Å²) >= 11 is 0. The standard InChI is InChI=1S/C34H40N2O5.C2HF3O2/c1-25(2)40-30-16-14-27(15-17-30)32(37)35-20-9-21-36-22-18-26(19-23-36)31(24-36)41-33(38)34(39,28-10-5-3-6-11-28)29-12-7-4-8-13-29;3-2(4,5)1(6)7/h3-8,10-17,25-26,31,39H,9,18-24H2,1-2H3;(H,6,7)/t26?,31-,36?;/m0./s1. The van der Waals surface area contributed by atoms with E-state index in [4.69, 9.17) is 19.4 Å². The van der Waals surface area contributed by atoms with E-state index in [0.717, 1.165) is 55.7 Å². The molecule has 3 aliphatic rings. The van der Waals surface area contributed by atoms with Gasteiger partial charge >= 0.3 is 12.1 Å². The number of fused-ring (bicyclic) bond motifs is 3. The molecule has 3 saturated heterocycles. The third-order valence-electron chi connectivity index (χ3n) is 8.79. The Morgan fingerprint density at radius 1 is 0.917 bits per heavy atom. The number of carbonyl (C=O) groups excluding carboxylic acids is 3. The van der Waals surface area contributed by atoms with E-state index in [9.17, 15) is 27.9 Å². The van der Waals surface area contributed by atoms with Crippen LogP contribution >= 0.6 is 0 Å². The van der Waals surface area contributed by atoms with Gasteiger partial charge in [-0.05, 0) is 49.2 Å². The Kier molecular flexibility index (Phi) is 11.9. The molecule has 2 bridgehead atoms. The minimum atomic E-state index is -5.19. The molecule has 6 rings (SSSR count). The predicted octanol–water partition coefficient (Wildman–Crippen LogP) is 3.98. The molecule has 0 aliphatic carbocycles. The average molecular weight is 671 g/mol. The van der Waals surface area contributed by atoms with E-state index in [1.54, 1.807) is 36.4 Å². The van der Waals surface area contributed by atoms with Gasteiger partial charge in [-0.2, -0.15) is 13.2 Å². The molecule has 48 heavy (non-hydrogen) atoms. The summed E-state index contributed by atoms with van der Waals surface area (Å²) in [4.78, 5) is 35.2. The average Bonchev–Trinajstić information content (AvgIpc) is 3.07. The molecule has 3 aliphatic heterocycles. The number of quaternary nitrogens is 1. The normalized spacial score (nSPS) is 20.3. The molecule has 0 unspecified atom stereocenters. The minimum absolute atomic E-state index is 0.0871. The van der Waals surface area contributed by atoms with Crippen molar-refractivity contribution in [2.75, 3.05) is 32.7 Å². The quantitative estimate of drug-likeness (QED) is 0.180. The maximum Gasteiger partial charge on any atom is 0.430 e. The first kappa shape index (κ1) is 36.4. The Morgan fingerprint density at radius 3 is 1.92 bits per heavy atom. The Balaban J connectivity index is 0.000000671. The van der Waals surface area contributed by atoms with Crippen molar-refractivity contribution in [3.63, 3.8) is 0 Å². The van der Waals surface area contributed by atoms with Gasteiger partial charge in [0.15, 0.2) is 6.10 Å². The van der Waals surface area contributed by atoms with Crippen molar-refractivity contribution in [1.82, 2.24) is 5.32 Å². The van der Waals surface area contributed by atoms with Crippen molar-refractivity contribution >= 4 is 17.8 Å². The minimum Gasteiger partial charge on any atom is -0.542 e. The molecule has 0 spiro atoms. The summed E-state index contributed by atoms with van der Waals surface area (Å²) in [5.74, 6) is -2.66. The highest BCUT2D eigenvalue weighted by molar-refractivity contribution is 5.94. The highest BCUT2D eigenvalue weighted by Crippen LogP contribution is 2.38. The van der Waals surface area contributed by atoms with E-state index < -0.39 is 23.7 Å². The number of nitrogens with one attached hydrogen (secondary N) is 1. The first-order valence-electron chi connectivity index (χ1n) is 16.0. The van der Waals surface area contributed by atoms with Crippen molar-refractivity contribution in [3.05, 3.63) is 102 Å². The van der Waals surface area contributed by atoms with Crippen LogP contribution in [-0.4, -0.2) is 78.5 Å². The van der Waals surface area contributed by atoms with E-state index in [1.165, 1.54) is 0 Å². The topological polar surface area (TPSA) is 125 Å². The number of halogens is 3. The van der Waals surface area contributed by atoms with Crippen LogP contribution in [0.2, 0.25) is 0 Å². The smallest absolute Gasteiger partial charge is 0.430 e. The van der Waals surface area contributed by atoms with Crippen molar-refractivity contribution < 1.29 is 51.7 Å². The second-order valence-electron chi connectivity index (χ2n) is 12.5. The van der Waals surface area contributed by atoms with Crippen molar-refractivity contribution in [3.8, 4) is 5.75 Å². The Hall–Kier alpha value is -4.42. The molecule has 0 aromatic heterocycles. The number of esters is 1. The molecule has 3 aromatic rings. The molecule has 3 fully saturated rings. The van der Waals surface area contributed by atoms with E-state index in [2.05, 4.69) is 5.32 Å². The number of aliphatic carboxylic acids is 1. The van der Waals surface area contributed by atoms with Gasteiger partial charge in [0.05, 0.1) is 25.7 Å². The van der Waals surface area contributed by atoms with Gasteiger partial charge < -0.3 is 34.3 Å². The van der Waals surface area contributed by atoms with Gasteiger partial charge in [0.1, 0.15) is 18.3 Å². The number of hydrogen-bond donors (Lipinski definition) is 2. The summed E-state index contributed by atoms with van der Waals surface area (Å²) in [5.41, 5.74) is -0.260. The van der Waals surface area contributed by atoms with Crippen LogP contribution in [0.5, 0.6) is 5.75 Å². The number of aliphatic hydroxyl groups is 1. The van der Waals surface area contributed by atoms with Crippen molar-refractivity contribution in [2.24, 2.45) is 5.92 Å². The van der Waals surface area contributed by atoms with Crippen LogP contribution in [0.3, 0.4) is 0 Å². The molecule has 1 atom stereocenters. The molecular formula is C36H41F3N2O7. The van der Waals surface area contributed by atoms with Gasteiger partial charge in [0.25, 0.3) is 5.91 Å². The first-order chi connectivity index (χ1) is 22.7. The van der Waals surface area contributed by atoms with Crippen LogP contribution in [0.4, 0.5) is 13.2 Å². The van der Waals surface area contributed by atoms with Crippen molar-refractivity contribution in [2.45, 2.75) is 57.1 Å². The van der Waals surface area contributed by atoms with E-state index in [-0.39, 0.29) is 18.1 Å². The summed E-state index contributed by atoms with van der Waals surface area (Å²) in [6.07, 6.45) is -2.54. The lowest BCUT2D eigenvalue weighted by Gasteiger charge is -2.52. The molecule has 9 nitrogen and oxygen atoms in total. The number of carbonyl (C=O) groups is 3. The van der Waals surface area contributed by atoms with Gasteiger partial charge in [0, 0.05) is 37.3 Å². The summed E-state index contributed by atoms with van der Waals surface area (Å²) in [6, 6.07) is 25.3. The number of amides is 1. The molecule has 1 amide bonds. The third kappa shape index (κ3) is 9.13. The summed E-state index contributed by atoms with van der Waals surface area (Å²) in [7, 11) is 0. The predicted molar refractivity (Wildman–Crippen MR) is 168 cm³/mol. The lowest BCUT2D eigenvalue weighted by molar-refractivity contribution is -0.946. The highest BCUT2D eigenvalue weighted by atomic mass is 19.4. The molecule has 0 radical (unpaired) electrons. The summed E-state index contributed by atoms with van der Waals surface area (Å²) in [5, 5.41) is 23.7. The number of ether oxygens (including phenoxy) is 2. The highest BCUT2D eigenvalue weighted by Gasteiger charge is 2.50. The Morgan fingerprint density at radius 2 is 1.44 bits per heavy atom. The van der Waals surface area contributed by atoms with Crippen LogP contribution in [0.15, 0.2) is 84.9 Å². The van der Waals surface area contributed by atoms with Gasteiger partial charge in [0.2, 0.25) is 5.60 Å². The fourth-order valence-electron chi connectivity index (χ4n) is 6.33. The van der Waals surface area contributed by atoms with E-state index >= 15 is 0 Å². The number of benzene rings is 3. The fraction of sp³-hybridized carbons (Fsp3) is 0.417. The molecule has 12 heteroatoms. The monoisotopic (exact) mass is 670 g/mol. The number of carboxylic acid groups (broad SMARTS) is 1.